The summed E-state index contributed by atoms with van der Waals surface area (Å²) in [6.07, 6.45) is 0.407. The summed E-state index contributed by atoms with van der Waals surface area (Å²) in [4.78, 5) is 13.9. The molecular formula is C26H19Br3OP+. The number of Topliss-reactive ketones (excluding diaryl/α,β-unsaturated/α-hetero) is 1. The molecule has 0 bridgehead atoms. The molecule has 4 aromatic carbocycles. The first kappa shape index (κ1) is 22.6. The molecule has 0 amide bonds. The summed E-state index contributed by atoms with van der Waals surface area (Å²) in [7, 11) is -2.23. The van der Waals surface area contributed by atoms with E-state index in [0.29, 0.717) is 11.7 Å². The van der Waals surface area contributed by atoms with Crippen LogP contribution in [0.5, 0.6) is 0 Å². The predicted molar refractivity (Wildman–Crippen MR) is 144 cm³/mol. The fraction of sp³-hybridized carbons (Fsp3) is 0.0385. The molecule has 154 valence electrons. The van der Waals surface area contributed by atoms with E-state index in [2.05, 4.69) is 121 Å². The number of hydrogen-bond donors (Lipinski definition) is 0. The molecule has 0 aliphatic rings. The van der Waals surface area contributed by atoms with Crippen molar-refractivity contribution in [2.24, 2.45) is 0 Å². The van der Waals surface area contributed by atoms with E-state index in [1.54, 1.807) is 0 Å². The first-order valence-corrected chi connectivity index (χ1v) is 14.1. The molecule has 0 N–H and O–H groups in total. The summed E-state index contributed by atoms with van der Waals surface area (Å²) >= 11 is 10.7. The summed E-state index contributed by atoms with van der Waals surface area (Å²) in [6, 6.07) is 35.2. The highest BCUT2D eigenvalue weighted by molar-refractivity contribution is 9.11. The number of halogens is 3. The Morgan fingerprint density at radius 2 is 0.968 bits per heavy atom. The number of ketones is 1. The highest BCUT2D eigenvalue weighted by atomic mass is 79.9. The highest BCUT2D eigenvalue weighted by Gasteiger charge is 2.47. The zero-order chi connectivity index (χ0) is 21.8. The summed E-state index contributed by atoms with van der Waals surface area (Å²) in [5, 5.41) is 3.60. The van der Waals surface area contributed by atoms with E-state index in [1.807, 2.05) is 30.3 Å². The molecule has 0 aromatic heterocycles. The van der Waals surface area contributed by atoms with Gasteiger partial charge in [-0.05, 0) is 80.4 Å². The van der Waals surface area contributed by atoms with Crippen LogP contribution in [0.25, 0.3) is 0 Å². The van der Waals surface area contributed by atoms with Gasteiger partial charge in [-0.15, -0.1) is 0 Å². The Bertz CT molecular complexity index is 1080. The van der Waals surface area contributed by atoms with Crippen molar-refractivity contribution < 1.29 is 4.79 Å². The molecule has 4 aromatic rings. The summed E-state index contributed by atoms with van der Waals surface area (Å²) in [5.41, 5.74) is 0.676. The minimum absolute atomic E-state index is 0.108. The Morgan fingerprint density at radius 1 is 0.613 bits per heavy atom. The number of carbonyl (C=O) groups is 1. The monoisotopic (exact) mass is 615 g/mol. The molecule has 0 atom stereocenters. The Morgan fingerprint density at radius 3 is 1.32 bits per heavy atom. The van der Waals surface area contributed by atoms with Crippen LogP contribution in [-0.4, -0.2) is 11.9 Å². The third kappa shape index (κ3) is 4.64. The highest BCUT2D eigenvalue weighted by Crippen LogP contribution is 2.56. The molecule has 0 radical (unpaired) electrons. The molecule has 0 unspecified atom stereocenters. The van der Waals surface area contributed by atoms with Crippen molar-refractivity contribution in [2.45, 2.75) is 0 Å². The molecule has 5 heteroatoms. The molecule has 4 rings (SSSR count). The van der Waals surface area contributed by atoms with E-state index in [0.717, 1.165) is 13.4 Å². The smallest absolute Gasteiger partial charge is 0.203 e. The second kappa shape index (κ2) is 9.92. The first-order chi connectivity index (χ1) is 15.0. The summed E-state index contributed by atoms with van der Waals surface area (Å²) in [6.45, 7) is 0. The van der Waals surface area contributed by atoms with Crippen LogP contribution in [-0.2, 0) is 0 Å². The van der Waals surface area contributed by atoms with Crippen molar-refractivity contribution in [3.05, 3.63) is 122 Å². The lowest BCUT2D eigenvalue weighted by atomic mass is 10.1. The number of hydrogen-bond acceptors (Lipinski definition) is 1. The van der Waals surface area contributed by atoms with Gasteiger partial charge in [-0.25, -0.2) is 0 Å². The van der Waals surface area contributed by atoms with Crippen molar-refractivity contribution >= 4 is 76.7 Å². The Labute approximate surface area is 208 Å². The van der Waals surface area contributed by atoms with Crippen LogP contribution < -0.4 is 15.9 Å². The quantitative estimate of drug-likeness (QED) is 0.166. The fourth-order valence-electron chi connectivity index (χ4n) is 3.87. The predicted octanol–water partition coefficient (Wildman–Crippen LogP) is 7.15. The van der Waals surface area contributed by atoms with Crippen molar-refractivity contribution in [2.75, 3.05) is 6.16 Å². The van der Waals surface area contributed by atoms with Gasteiger partial charge in [-0.3, -0.25) is 4.79 Å². The van der Waals surface area contributed by atoms with Crippen LogP contribution in [0.4, 0.5) is 0 Å². The number of benzene rings is 4. The van der Waals surface area contributed by atoms with E-state index in [-0.39, 0.29) is 5.78 Å². The molecule has 0 aliphatic heterocycles. The SMILES string of the molecule is O=C(C[P+](c1ccccc1)(c1ccccc1)c1ccccc1)c1c(Br)cc(Br)cc1Br. The van der Waals surface area contributed by atoms with Crippen LogP contribution in [0.1, 0.15) is 10.4 Å². The average Bonchev–Trinajstić information content (AvgIpc) is 2.78. The van der Waals surface area contributed by atoms with E-state index < -0.39 is 7.26 Å². The molecule has 0 heterocycles. The van der Waals surface area contributed by atoms with Gasteiger partial charge in [-0.2, -0.15) is 0 Å². The van der Waals surface area contributed by atoms with Crippen molar-refractivity contribution in [3.63, 3.8) is 0 Å². The minimum Gasteiger partial charge on any atom is -0.290 e. The standard InChI is InChI=1S/C26H19Br3OP/c27-19-16-23(28)26(24(29)17-19)25(30)18-31(20-10-4-1-5-11-20,21-12-6-2-7-13-21)22-14-8-3-9-15-22/h1-17H,18H2/q+1. The second-order valence-electron chi connectivity index (χ2n) is 7.14. The van der Waals surface area contributed by atoms with Crippen LogP contribution in [0.2, 0.25) is 0 Å². The summed E-state index contributed by atoms with van der Waals surface area (Å²) in [5.74, 6) is 0.108. The number of carbonyl (C=O) groups excluding carboxylic acids is 1. The van der Waals surface area contributed by atoms with Gasteiger partial charge in [0, 0.05) is 19.0 Å². The van der Waals surface area contributed by atoms with Gasteiger partial charge in [0.05, 0.1) is 0 Å². The average molecular weight is 618 g/mol. The van der Waals surface area contributed by atoms with Crippen LogP contribution in [0.15, 0.2) is 117 Å². The lowest BCUT2D eigenvalue weighted by Gasteiger charge is -2.27. The maximum Gasteiger partial charge on any atom is 0.203 e. The van der Waals surface area contributed by atoms with Gasteiger partial charge in [0.1, 0.15) is 29.3 Å². The molecule has 31 heavy (non-hydrogen) atoms. The van der Waals surface area contributed by atoms with Crippen molar-refractivity contribution in [1.82, 2.24) is 0 Å². The molecule has 0 saturated heterocycles. The molecular weight excluding hydrogens is 599 g/mol. The maximum atomic E-state index is 13.9. The Kier molecular flexibility index (Phi) is 7.23. The second-order valence-corrected chi connectivity index (χ2v) is 13.3. The van der Waals surface area contributed by atoms with E-state index in [9.17, 15) is 4.79 Å². The topological polar surface area (TPSA) is 17.1 Å². The maximum absolute atomic E-state index is 13.9. The normalized spacial score (nSPS) is 11.3. The minimum atomic E-state index is -2.23. The first-order valence-electron chi connectivity index (χ1n) is 9.75. The van der Waals surface area contributed by atoms with Gasteiger partial charge >= 0.3 is 0 Å². The third-order valence-electron chi connectivity index (χ3n) is 5.26. The van der Waals surface area contributed by atoms with Crippen molar-refractivity contribution in [3.8, 4) is 0 Å². The lowest BCUT2D eigenvalue weighted by molar-refractivity contribution is 0.102. The molecule has 0 saturated carbocycles. The lowest BCUT2D eigenvalue weighted by Crippen LogP contribution is -2.35. The zero-order valence-electron chi connectivity index (χ0n) is 16.5. The zero-order valence-corrected chi connectivity index (χ0v) is 22.2. The molecule has 0 aliphatic carbocycles. The van der Waals surface area contributed by atoms with Gasteiger partial charge < -0.3 is 0 Å². The van der Waals surface area contributed by atoms with E-state index in [4.69, 9.17) is 0 Å². The van der Waals surface area contributed by atoms with Crippen LogP contribution >= 0.6 is 55.1 Å². The Balaban J connectivity index is 1.96. The van der Waals surface area contributed by atoms with Crippen LogP contribution in [0, 0.1) is 0 Å². The van der Waals surface area contributed by atoms with Gasteiger partial charge in [0.2, 0.25) is 5.78 Å². The largest absolute Gasteiger partial charge is 0.290 e. The van der Waals surface area contributed by atoms with Gasteiger partial charge in [0.25, 0.3) is 0 Å². The molecule has 0 fully saturated rings. The van der Waals surface area contributed by atoms with E-state index >= 15 is 0 Å². The summed E-state index contributed by atoms with van der Waals surface area (Å²) < 4.78 is 2.48. The molecule has 0 spiro atoms. The van der Waals surface area contributed by atoms with Gasteiger partial charge in [0.15, 0.2) is 0 Å². The van der Waals surface area contributed by atoms with Crippen molar-refractivity contribution in [1.29, 1.82) is 0 Å². The Hall–Kier alpha value is -1.58. The third-order valence-corrected chi connectivity index (χ3v) is 11.3. The van der Waals surface area contributed by atoms with Gasteiger partial charge in [-0.1, -0.05) is 70.5 Å². The fourth-order valence-corrected chi connectivity index (χ4v) is 10.6. The molecule has 1 nitrogen and oxygen atoms in total. The number of rotatable bonds is 6. The van der Waals surface area contributed by atoms with E-state index in [1.165, 1.54) is 15.9 Å². The van der Waals surface area contributed by atoms with Crippen LogP contribution in [0.3, 0.4) is 0 Å².